The van der Waals surface area contributed by atoms with Gasteiger partial charge in [-0.1, -0.05) is 21.9 Å². The number of anilines is 1. The first-order chi connectivity index (χ1) is 11.2. The van der Waals surface area contributed by atoms with Gasteiger partial charge in [0.1, 0.15) is 12.0 Å². The van der Waals surface area contributed by atoms with Crippen molar-refractivity contribution in [2.24, 2.45) is 5.16 Å². The molecular formula is C14H14ClFN4O3. The summed E-state index contributed by atoms with van der Waals surface area (Å²) in [4.78, 5) is 1.62. The summed E-state index contributed by atoms with van der Waals surface area (Å²) in [5.41, 5.74) is 0.517. The standard InChI is InChI=1S/C14H14ClFN4O3/c15-10-7-9(1-2-11(10)16)20(13-8-22-6-5-17-13)14(19-21)12-3-4-18-23-12/h1-4,7,13,17,21H,5-6,8H2. The van der Waals surface area contributed by atoms with E-state index >= 15 is 0 Å². The highest BCUT2D eigenvalue weighted by molar-refractivity contribution is 6.31. The molecule has 2 heterocycles. The number of amidine groups is 1. The predicted octanol–water partition coefficient (Wildman–Crippen LogP) is 2.06. The summed E-state index contributed by atoms with van der Waals surface area (Å²) in [7, 11) is 0. The van der Waals surface area contributed by atoms with Gasteiger partial charge in [0.15, 0.2) is 0 Å². The lowest BCUT2D eigenvalue weighted by atomic mass is 10.2. The van der Waals surface area contributed by atoms with E-state index < -0.39 is 5.82 Å². The number of rotatable bonds is 3. The Hall–Kier alpha value is -2.16. The van der Waals surface area contributed by atoms with E-state index in [-0.39, 0.29) is 22.8 Å². The highest BCUT2D eigenvalue weighted by Gasteiger charge is 2.29. The van der Waals surface area contributed by atoms with Crippen LogP contribution in [-0.2, 0) is 4.74 Å². The van der Waals surface area contributed by atoms with Gasteiger partial charge >= 0.3 is 0 Å². The van der Waals surface area contributed by atoms with Gasteiger partial charge in [0, 0.05) is 18.3 Å². The summed E-state index contributed by atoms with van der Waals surface area (Å²) in [5, 5.41) is 19.6. The van der Waals surface area contributed by atoms with E-state index in [4.69, 9.17) is 20.9 Å². The first-order valence-electron chi connectivity index (χ1n) is 6.89. The van der Waals surface area contributed by atoms with Crippen LogP contribution in [0.25, 0.3) is 0 Å². The molecule has 1 saturated heterocycles. The average molecular weight is 341 g/mol. The van der Waals surface area contributed by atoms with E-state index in [2.05, 4.69) is 15.6 Å². The zero-order valence-electron chi connectivity index (χ0n) is 11.9. The van der Waals surface area contributed by atoms with Gasteiger partial charge in [-0.2, -0.15) is 0 Å². The van der Waals surface area contributed by atoms with E-state index in [0.29, 0.717) is 25.4 Å². The number of benzene rings is 1. The summed E-state index contributed by atoms with van der Waals surface area (Å²) < 4.78 is 24.0. The minimum Gasteiger partial charge on any atom is -0.409 e. The molecule has 9 heteroatoms. The first kappa shape index (κ1) is 15.7. The monoisotopic (exact) mass is 340 g/mol. The lowest BCUT2D eigenvalue weighted by Gasteiger charge is -2.35. The number of oxime groups is 1. The number of hydrogen-bond acceptors (Lipinski definition) is 6. The third-order valence-electron chi connectivity index (χ3n) is 3.38. The number of hydrogen-bond donors (Lipinski definition) is 2. The number of aromatic nitrogens is 1. The summed E-state index contributed by atoms with van der Waals surface area (Å²) in [5.74, 6) is -0.182. The van der Waals surface area contributed by atoms with Gasteiger partial charge in [0.2, 0.25) is 11.6 Å². The molecule has 0 bridgehead atoms. The second-order valence-corrected chi connectivity index (χ2v) is 5.22. The molecule has 1 fully saturated rings. The molecule has 0 aliphatic carbocycles. The highest BCUT2D eigenvalue weighted by atomic mass is 35.5. The third kappa shape index (κ3) is 3.29. The lowest BCUT2D eigenvalue weighted by molar-refractivity contribution is 0.0793. The molecule has 122 valence electrons. The van der Waals surface area contributed by atoms with Crippen LogP contribution in [0, 0.1) is 5.82 Å². The SMILES string of the molecule is ON=C(c1ccno1)N(c1ccc(F)c(Cl)c1)C1COCCN1. The molecular weight excluding hydrogens is 327 g/mol. The zero-order chi connectivity index (χ0) is 16.2. The van der Waals surface area contributed by atoms with Crippen LogP contribution >= 0.6 is 11.6 Å². The molecule has 0 amide bonds. The van der Waals surface area contributed by atoms with E-state index in [0.717, 1.165) is 0 Å². The van der Waals surface area contributed by atoms with Crippen molar-refractivity contribution < 1.29 is 18.9 Å². The summed E-state index contributed by atoms with van der Waals surface area (Å²) in [6, 6.07) is 5.76. The van der Waals surface area contributed by atoms with Gasteiger partial charge in [0.25, 0.3) is 0 Å². The van der Waals surface area contributed by atoms with Crippen molar-refractivity contribution in [3.63, 3.8) is 0 Å². The van der Waals surface area contributed by atoms with Crippen molar-refractivity contribution in [1.82, 2.24) is 10.5 Å². The van der Waals surface area contributed by atoms with Gasteiger partial charge in [-0.3, -0.25) is 5.32 Å². The van der Waals surface area contributed by atoms with Crippen LogP contribution < -0.4 is 10.2 Å². The molecule has 2 N–H and O–H groups in total. The molecule has 0 spiro atoms. The number of ether oxygens (including phenoxy) is 1. The molecule has 1 atom stereocenters. The van der Waals surface area contributed by atoms with Crippen LogP contribution in [-0.4, -0.2) is 42.1 Å². The predicted molar refractivity (Wildman–Crippen MR) is 81.3 cm³/mol. The Labute approximate surface area is 136 Å². The second kappa shape index (κ2) is 6.95. The summed E-state index contributed by atoms with van der Waals surface area (Å²) in [6.45, 7) is 1.52. The van der Waals surface area contributed by atoms with E-state index in [9.17, 15) is 9.60 Å². The maximum absolute atomic E-state index is 13.5. The molecule has 1 unspecified atom stereocenters. The molecule has 1 aromatic heterocycles. The fourth-order valence-corrected chi connectivity index (χ4v) is 2.52. The number of halogens is 2. The lowest BCUT2D eigenvalue weighted by Crippen LogP contribution is -2.55. The summed E-state index contributed by atoms with van der Waals surface area (Å²) in [6.07, 6.45) is 1.09. The molecule has 0 radical (unpaired) electrons. The number of nitrogens with one attached hydrogen (secondary N) is 1. The minimum absolute atomic E-state index is 0.0425. The Kier molecular flexibility index (Phi) is 4.75. The average Bonchev–Trinajstić information content (AvgIpc) is 3.10. The van der Waals surface area contributed by atoms with Crippen LogP contribution in [0.15, 0.2) is 40.1 Å². The van der Waals surface area contributed by atoms with Crippen molar-refractivity contribution in [3.05, 3.63) is 47.1 Å². The second-order valence-electron chi connectivity index (χ2n) is 4.81. The maximum atomic E-state index is 13.5. The van der Waals surface area contributed by atoms with Crippen LogP contribution in [0.4, 0.5) is 10.1 Å². The molecule has 1 aromatic carbocycles. The van der Waals surface area contributed by atoms with Crippen LogP contribution in [0.3, 0.4) is 0 Å². The Bertz CT molecular complexity index is 689. The Balaban J connectivity index is 2.03. The fourth-order valence-electron chi connectivity index (χ4n) is 2.35. The van der Waals surface area contributed by atoms with E-state index in [1.165, 1.54) is 24.4 Å². The van der Waals surface area contributed by atoms with Crippen molar-refractivity contribution in [2.45, 2.75) is 6.17 Å². The number of nitrogens with zero attached hydrogens (tertiary/aromatic N) is 3. The molecule has 1 aliphatic heterocycles. The van der Waals surface area contributed by atoms with Gasteiger partial charge < -0.3 is 19.4 Å². The van der Waals surface area contributed by atoms with Crippen molar-refractivity contribution in [3.8, 4) is 0 Å². The van der Waals surface area contributed by atoms with E-state index in [1.807, 2.05) is 0 Å². The Morgan fingerprint density at radius 3 is 2.96 bits per heavy atom. The normalized spacial score (nSPS) is 18.9. The van der Waals surface area contributed by atoms with Crippen LogP contribution in [0.5, 0.6) is 0 Å². The van der Waals surface area contributed by atoms with Gasteiger partial charge in [0.05, 0.1) is 24.4 Å². The topological polar surface area (TPSA) is 83.1 Å². The molecule has 23 heavy (non-hydrogen) atoms. The van der Waals surface area contributed by atoms with Crippen LogP contribution in [0.1, 0.15) is 5.76 Å². The molecule has 3 rings (SSSR count). The largest absolute Gasteiger partial charge is 0.409 e. The Morgan fingerprint density at radius 1 is 1.48 bits per heavy atom. The Morgan fingerprint density at radius 2 is 2.35 bits per heavy atom. The van der Waals surface area contributed by atoms with Crippen molar-refractivity contribution in [2.75, 3.05) is 24.7 Å². The molecule has 1 aliphatic rings. The zero-order valence-corrected chi connectivity index (χ0v) is 12.7. The van der Waals surface area contributed by atoms with Gasteiger partial charge in [-0.05, 0) is 18.2 Å². The fraction of sp³-hybridized carbons (Fsp3) is 0.286. The quantitative estimate of drug-likeness (QED) is 0.385. The number of morpholine rings is 1. The van der Waals surface area contributed by atoms with E-state index in [1.54, 1.807) is 11.0 Å². The molecule has 7 nitrogen and oxygen atoms in total. The van der Waals surface area contributed by atoms with Crippen LogP contribution in [0.2, 0.25) is 5.02 Å². The minimum atomic E-state index is -0.537. The molecule has 0 saturated carbocycles. The van der Waals surface area contributed by atoms with Crippen molar-refractivity contribution in [1.29, 1.82) is 0 Å². The van der Waals surface area contributed by atoms with Crippen molar-refractivity contribution >= 4 is 23.1 Å². The summed E-state index contributed by atoms with van der Waals surface area (Å²) >= 11 is 5.88. The first-order valence-corrected chi connectivity index (χ1v) is 7.27. The third-order valence-corrected chi connectivity index (χ3v) is 3.67. The van der Waals surface area contributed by atoms with Gasteiger partial charge in [-0.15, -0.1) is 0 Å². The molecule has 2 aromatic rings. The maximum Gasteiger partial charge on any atom is 0.219 e. The highest BCUT2D eigenvalue weighted by Crippen LogP contribution is 2.26. The van der Waals surface area contributed by atoms with Gasteiger partial charge in [-0.25, -0.2) is 4.39 Å². The smallest absolute Gasteiger partial charge is 0.219 e.